The van der Waals surface area contributed by atoms with Crippen LogP contribution in [0.25, 0.3) is 6.08 Å². The molecule has 0 amide bonds. The molecule has 0 atom stereocenters. The van der Waals surface area contributed by atoms with Crippen LogP contribution >= 0.6 is 0 Å². The van der Waals surface area contributed by atoms with Gasteiger partial charge in [-0.15, -0.1) is 0 Å². The molecule has 0 heterocycles. The Kier molecular flexibility index (Phi) is 5.04. The molecular weight excluding hydrogens is 310 g/mol. The number of benzene rings is 3. The fourth-order valence-electron chi connectivity index (χ4n) is 2.25. The topological polar surface area (TPSA) is 50.1 Å². The first kappa shape index (κ1) is 16.2. The maximum atomic E-state index is 12.2. The number of ketones is 1. The van der Waals surface area contributed by atoms with E-state index < -0.39 is 0 Å². The third kappa shape index (κ3) is 4.43. The number of allylic oxidation sites excluding steroid dienone is 1. The van der Waals surface area contributed by atoms with Gasteiger partial charge in [-0.05, 0) is 60.2 Å². The molecule has 3 aromatic carbocycles. The second-order valence-corrected chi connectivity index (χ2v) is 5.37. The van der Waals surface area contributed by atoms with Gasteiger partial charge in [0, 0.05) is 5.56 Å². The van der Waals surface area contributed by atoms with Crippen LogP contribution in [0.1, 0.15) is 21.5 Å². The van der Waals surface area contributed by atoms with Gasteiger partial charge in [0.25, 0.3) is 0 Å². The Morgan fingerprint density at radius 1 is 0.840 bits per heavy atom. The maximum absolute atomic E-state index is 12.2. The molecule has 3 aromatic rings. The van der Waals surface area contributed by atoms with Gasteiger partial charge in [0.2, 0.25) is 0 Å². The lowest BCUT2D eigenvalue weighted by Crippen LogP contribution is -1.94. The summed E-state index contributed by atoms with van der Waals surface area (Å²) >= 11 is 0. The van der Waals surface area contributed by atoms with E-state index in [-0.39, 0.29) is 5.78 Å². The summed E-state index contributed by atoms with van der Waals surface area (Å²) in [5, 5.41) is 8.78. The number of hydrogen-bond acceptors (Lipinski definition) is 3. The monoisotopic (exact) mass is 325 g/mol. The van der Waals surface area contributed by atoms with Gasteiger partial charge < -0.3 is 4.74 Å². The number of carbonyl (C=O) groups is 1. The lowest BCUT2D eigenvalue weighted by atomic mass is 10.1. The normalized spacial score (nSPS) is 10.4. The third-order valence-corrected chi connectivity index (χ3v) is 3.58. The van der Waals surface area contributed by atoms with E-state index >= 15 is 0 Å². The highest BCUT2D eigenvalue weighted by Gasteiger charge is 2.03. The number of hydrogen-bond donors (Lipinski definition) is 0. The minimum absolute atomic E-state index is 0.0874. The van der Waals surface area contributed by atoms with E-state index in [1.807, 2.05) is 30.3 Å². The quantitative estimate of drug-likeness (QED) is 0.476. The average molecular weight is 325 g/mol. The maximum Gasteiger partial charge on any atom is 0.185 e. The zero-order chi connectivity index (χ0) is 17.5. The number of nitriles is 1. The summed E-state index contributed by atoms with van der Waals surface area (Å²) in [4.78, 5) is 12.2. The zero-order valence-corrected chi connectivity index (χ0v) is 13.4. The van der Waals surface area contributed by atoms with Crippen molar-refractivity contribution in [1.29, 1.82) is 5.26 Å². The van der Waals surface area contributed by atoms with Crippen molar-refractivity contribution in [3.63, 3.8) is 0 Å². The third-order valence-electron chi connectivity index (χ3n) is 3.58. The molecule has 0 spiro atoms. The second kappa shape index (κ2) is 7.76. The average Bonchev–Trinajstić information content (AvgIpc) is 2.68. The van der Waals surface area contributed by atoms with Crippen molar-refractivity contribution in [2.24, 2.45) is 0 Å². The minimum Gasteiger partial charge on any atom is -0.457 e. The van der Waals surface area contributed by atoms with E-state index in [1.165, 1.54) is 6.08 Å². The number of nitrogens with zero attached hydrogens (tertiary/aromatic N) is 1. The molecule has 0 aliphatic rings. The molecule has 0 unspecified atom stereocenters. The molecule has 25 heavy (non-hydrogen) atoms. The minimum atomic E-state index is -0.0874. The molecule has 120 valence electrons. The van der Waals surface area contributed by atoms with Crippen molar-refractivity contribution in [2.75, 3.05) is 0 Å². The first-order valence-corrected chi connectivity index (χ1v) is 7.80. The summed E-state index contributed by atoms with van der Waals surface area (Å²) in [6.45, 7) is 0. The highest BCUT2D eigenvalue weighted by atomic mass is 16.5. The van der Waals surface area contributed by atoms with E-state index in [9.17, 15) is 4.79 Å². The molecule has 3 rings (SSSR count). The van der Waals surface area contributed by atoms with Crippen LogP contribution in [0.5, 0.6) is 11.5 Å². The van der Waals surface area contributed by atoms with Gasteiger partial charge in [0.05, 0.1) is 11.6 Å². The van der Waals surface area contributed by atoms with Crippen LogP contribution in [0.15, 0.2) is 84.9 Å². The molecule has 0 saturated heterocycles. The van der Waals surface area contributed by atoms with Crippen LogP contribution in [0.3, 0.4) is 0 Å². The van der Waals surface area contributed by atoms with Crippen LogP contribution < -0.4 is 4.74 Å². The summed E-state index contributed by atoms with van der Waals surface area (Å²) in [6, 6.07) is 25.6. The summed E-state index contributed by atoms with van der Waals surface area (Å²) in [7, 11) is 0. The lowest BCUT2D eigenvalue weighted by Gasteiger charge is -2.05. The van der Waals surface area contributed by atoms with Gasteiger partial charge in [0.15, 0.2) is 5.78 Å². The van der Waals surface area contributed by atoms with E-state index in [1.54, 1.807) is 54.6 Å². The smallest absolute Gasteiger partial charge is 0.185 e. The standard InChI is InChI=1S/C22H15NO2/c23-16-18-8-6-17(7-9-18)10-15-22(24)19-11-13-21(14-12-19)25-20-4-2-1-3-5-20/h1-15H/b15-10+. The van der Waals surface area contributed by atoms with Crippen molar-refractivity contribution >= 4 is 11.9 Å². The molecule has 0 bridgehead atoms. The molecule has 0 saturated carbocycles. The fourth-order valence-corrected chi connectivity index (χ4v) is 2.25. The van der Waals surface area contributed by atoms with E-state index in [0.29, 0.717) is 16.9 Å². The van der Waals surface area contributed by atoms with Gasteiger partial charge in [0.1, 0.15) is 11.5 Å². The largest absolute Gasteiger partial charge is 0.457 e. The molecule has 0 N–H and O–H groups in total. The van der Waals surface area contributed by atoms with Crippen molar-refractivity contribution in [1.82, 2.24) is 0 Å². The summed E-state index contributed by atoms with van der Waals surface area (Å²) in [5.74, 6) is 1.34. The SMILES string of the molecule is N#Cc1ccc(/C=C/C(=O)c2ccc(Oc3ccccc3)cc2)cc1. The molecular formula is C22H15NO2. The van der Waals surface area contributed by atoms with Crippen LogP contribution in [-0.2, 0) is 0 Å². The van der Waals surface area contributed by atoms with Crippen LogP contribution in [0, 0.1) is 11.3 Å². The Morgan fingerprint density at radius 3 is 2.12 bits per heavy atom. The molecule has 0 aliphatic heterocycles. The van der Waals surface area contributed by atoms with Crippen LogP contribution in [0.2, 0.25) is 0 Å². The molecule has 0 fully saturated rings. The molecule has 0 aromatic heterocycles. The van der Waals surface area contributed by atoms with Crippen molar-refractivity contribution in [2.45, 2.75) is 0 Å². The summed E-state index contributed by atoms with van der Waals surface area (Å²) < 4.78 is 5.71. The second-order valence-electron chi connectivity index (χ2n) is 5.37. The fraction of sp³-hybridized carbons (Fsp3) is 0. The Labute approximate surface area is 146 Å². The highest BCUT2D eigenvalue weighted by molar-refractivity contribution is 6.06. The van der Waals surface area contributed by atoms with Crippen LogP contribution in [0.4, 0.5) is 0 Å². The summed E-state index contributed by atoms with van der Waals surface area (Å²) in [6.07, 6.45) is 3.26. The van der Waals surface area contributed by atoms with Gasteiger partial charge in [-0.3, -0.25) is 4.79 Å². The highest BCUT2D eigenvalue weighted by Crippen LogP contribution is 2.21. The number of rotatable bonds is 5. The number of para-hydroxylation sites is 1. The first-order valence-electron chi connectivity index (χ1n) is 7.80. The first-order chi connectivity index (χ1) is 12.2. The van der Waals surface area contributed by atoms with Gasteiger partial charge in [-0.2, -0.15) is 5.26 Å². The van der Waals surface area contributed by atoms with E-state index in [2.05, 4.69) is 6.07 Å². The number of carbonyl (C=O) groups excluding carboxylic acids is 1. The lowest BCUT2D eigenvalue weighted by molar-refractivity contribution is 0.104. The van der Waals surface area contributed by atoms with E-state index in [0.717, 1.165) is 11.3 Å². The van der Waals surface area contributed by atoms with Gasteiger partial charge in [-0.25, -0.2) is 0 Å². The predicted molar refractivity (Wildman–Crippen MR) is 97.5 cm³/mol. The van der Waals surface area contributed by atoms with Gasteiger partial charge in [-0.1, -0.05) is 36.4 Å². The summed E-state index contributed by atoms with van der Waals surface area (Å²) in [5.41, 5.74) is 2.05. The predicted octanol–water partition coefficient (Wildman–Crippen LogP) is 5.25. The Bertz CT molecular complexity index is 919. The van der Waals surface area contributed by atoms with Gasteiger partial charge >= 0.3 is 0 Å². The van der Waals surface area contributed by atoms with Crippen molar-refractivity contribution in [3.8, 4) is 17.6 Å². The van der Waals surface area contributed by atoms with E-state index in [4.69, 9.17) is 10.00 Å². The van der Waals surface area contributed by atoms with Crippen molar-refractivity contribution in [3.05, 3.63) is 102 Å². The number of ether oxygens (including phenoxy) is 1. The Balaban J connectivity index is 1.66. The molecule has 0 aliphatic carbocycles. The Hall–Kier alpha value is -3.64. The molecule has 3 nitrogen and oxygen atoms in total. The van der Waals surface area contributed by atoms with Crippen molar-refractivity contribution < 1.29 is 9.53 Å². The molecule has 3 heteroatoms. The molecule has 0 radical (unpaired) electrons. The zero-order valence-electron chi connectivity index (χ0n) is 13.4. The van der Waals surface area contributed by atoms with Crippen LogP contribution in [-0.4, -0.2) is 5.78 Å². The Morgan fingerprint density at radius 2 is 1.48 bits per heavy atom.